The van der Waals surface area contributed by atoms with Crippen molar-refractivity contribution in [1.82, 2.24) is 30.8 Å². The van der Waals surface area contributed by atoms with E-state index in [1.807, 2.05) is 16.8 Å². The van der Waals surface area contributed by atoms with E-state index in [4.69, 9.17) is 0 Å². The van der Waals surface area contributed by atoms with Gasteiger partial charge in [0, 0.05) is 23.9 Å². The average Bonchev–Trinajstić information content (AvgIpc) is 3.33. The first-order chi connectivity index (χ1) is 17.9. The third kappa shape index (κ3) is 10.1. The number of hydrogen-bond donors (Lipinski definition) is 2. The molecule has 0 saturated heterocycles. The molecule has 0 spiro atoms. The number of nitrogens with zero attached hydrogens (tertiary/aromatic N) is 4. The van der Waals surface area contributed by atoms with E-state index in [-0.39, 0.29) is 6.04 Å². The second kappa shape index (κ2) is 14.8. The molecule has 0 aliphatic carbocycles. The van der Waals surface area contributed by atoms with Crippen LogP contribution >= 0.6 is 0 Å². The summed E-state index contributed by atoms with van der Waals surface area (Å²) in [5, 5.41) is 19.5. The Balaban J connectivity index is 1.47. The number of hydrogen-bond acceptors (Lipinski definition) is 5. The molecule has 37 heavy (non-hydrogen) atoms. The first-order valence-corrected chi connectivity index (χ1v) is 13.3. The lowest BCUT2D eigenvalue weighted by Crippen LogP contribution is -2.36. The number of rotatable bonds is 17. The van der Waals surface area contributed by atoms with Crippen LogP contribution < -0.4 is 10.6 Å². The monoisotopic (exact) mass is 498 g/mol. The topological polar surface area (TPSA) is 67.7 Å². The molecule has 0 saturated carbocycles. The quantitative estimate of drug-likeness (QED) is 0.235. The van der Waals surface area contributed by atoms with Crippen molar-refractivity contribution < 1.29 is 0 Å². The highest BCUT2D eigenvalue weighted by atomic mass is 15.5. The lowest BCUT2D eigenvalue weighted by atomic mass is 9.97. The van der Waals surface area contributed by atoms with E-state index in [0.717, 1.165) is 61.3 Å². The molecule has 0 bridgehead atoms. The zero-order valence-electron chi connectivity index (χ0n) is 22.5. The number of aryl methyl sites for hydroxylation is 3. The predicted molar refractivity (Wildman–Crippen MR) is 153 cm³/mol. The maximum atomic E-state index is 4.41. The molecule has 0 radical (unpaired) electrons. The van der Waals surface area contributed by atoms with Crippen molar-refractivity contribution in [3.63, 3.8) is 0 Å². The molecule has 6 nitrogen and oxygen atoms in total. The standard InChI is InChI=1S/C31H42N6/c1-24(2)21-30(33-27(5)22-32-26(4)19-20-29-15-10-7-11-16-29)25(3)23-37-31(34-35-36-37)18-12-17-28-13-8-6-9-14-28/h6-11,13-16,24,30,32-33H,3-5,12,17-23H2,1-2H3/t30-/m0/s1. The Kier molecular flexibility index (Phi) is 11.2. The zero-order valence-corrected chi connectivity index (χ0v) is 22.5. The Morgan fingerprint density at radius 2 is 1.51 bits per heavy atom. The molecular weight excluding hydrogens is 456 g/mol. The molecule has 2 N–H and O–H groups in total. The van der Waals surface area contributed by atoms with Gasteiger partial charge < -0.3 is 10.6 Å². The van der Waals surface area contributed by atoms with Gasteiger partial charge in [0.1, 0.15) is 0 Å². The molecule has 3 rings (SSSR count). The summed E-state index contributed by atoms with van der Waals surface area (Å²) in [6, 6.07) is 21.1. The molecular formula is C31H42N6. The van der Waals surface area contributed by atoms with E-state index in [1.54, 1.807) is 0 Å². The zero-order chi connectivity index (χ0) is 26.5. The maximum Gasteiger partial charge on any atom is 0.151 e. The third-order valence-electron chi connectivity index (χ3n) is 6.36. The van der Waals surface area contributed by atoms with Crippen LogP contribution in [0, 0.1) is 5.92 Å². The van der Waals surface area contributed by atoms with E-state index in [1.165, 1.54) is 11.1 Å². The molecule has 0 amide bonds. The second-order valence-corrected chi connectivity index (χ2v) is 10.1. The Labute approximate surface area is 222 Å². The van der Waals surface area contributed by atoms with Crippen molar-refractivity contribution in [3.8, 4) is 0 Å². The number of allylic oxidation sites excluding steroid dienone is 1. The Morgan fingerprint density at radius 3 is 2.16 bits per heavy atom. The fraction of sp³-hybridized carbons (Fsp3) is 0.387. The largest absolute Gasteiger partial charge is 0.383 e. The van der Waals surface area contributed by atoms with Crippen LogP contribution in [0.3, 0.4) is 0 Å². The van der Waals surface area contributed by atoms with Crippen LogP contribution in [0.2, 0.25) is 0 Å². The molecule has 0 aliphatic rings. The Hall–Kier alpha value is -3.67. The van der Waals surface area contributed by atoms with Crippen molar-refractivity contribution in [2.75, 3.05) is 6.54 Å². The number of nitrogens with one attached hydrogen (secondary N) is 2. The van der Waals surface area contributed by atoms with Crippen LogP contribution in [0.4, 0.5) is 0 Å². The molecule has 3 aromatic rings. The molecule has 1 heterocycles. The second-order valence-electron chi connectivity index (χ2n) is 10.1. The van der Waals surface area contributed by atoms with Gasteiger partial charge in [0.15, 0.2) is 5.82 Å². The van der Waals surface area contributed by atoms with Gasteiger partial charge in [-0.05, 0) is 65.1 Å². The summed E-state index contributed by atoms with van der Waals surface area (Å²) in [5.41, 5.74) is 5.64. The molecule has 0 fully saturated rings. The van der Waals surface area contributed by atoms with Crippen LogP contribution in [0.15, 0.2) is 97.4 Å². The summed E-state index contributed by atoms with van der Waals surface area (Å²) in [5.74, 6) is 1.41. The minimum absolute atomic E-state index is 0.0910. The third-order valence-corrected chi connectivity index (χ3v) is 6.36. The van der Waals surface area contributed by atoms with Gasteiger partial charge >= 0.3 is 0 Å². The first kappa shape index (κ1) is 27.9. The van der Waals surface area contributed by atoms with Crippen LogP contribution in [-0.4, -0.2) is 32.8 Å². The van der Waals surface area contributed by atoms with Gasteiger partial charge in [0.05, 0.1) is 13.1 Å². The fourth-order valence-corrected chi connectivity index (χ4v) is 4.28. The first-order valence-electron chi connectivity index (χ1n) is 13.3. The van der Waals surface area contributed by atoms with Gasteiger partial charge in [-0.2, -0.15) is 0 Å². The minimum atomic E-state index is 0.0910. The van der Waals surface area contributed by atoms with Crippen LogP contribution in [0.25, 0.3) is 0 Å². The fourth-order valence-electron chi connectivity index (χ4n) is 4.28. The predicted octanol–water partition coefficient (Wildman–Crippen LogP) is 5.66. The van der Waals surface area contributed by atoms with Gasteiger partial charge in [-0.3, -0.25) is 0 Å². The summed E-state index contributed by atoms with van der Waals surface area (Å²) in [6.07, 6.45) is 5.67. The lowest BCUT2D eigenvalue weighted by molar-refractivity contribution is 0.458. The highest BCUT2D eigenvalue weighted by molar-refractivity contribution is 5.17. The van der Waals surface area contributed by atoms with Crippen molar-refractivity contribution in [2.24, 2.45) is 5.92 Å². The van der Waals surface area contributed by atoms with Gasteiger partial charge in [0.25, 0.3) is 0 Å². The molecule has 2 aromatic carbocycles. The number of tetrazole rings is 1. The highest BCUT2D eigenvalue weighted by Gasteiger charge is 2.17. The smallest absolute Gasteiger partial charge is 0.151 e. The number of aromatic nitrogens is 4. The van der Waals surface area contributed by atoms with Gasteiger partial charge in [-0.15, -0.1) is 5.10 Å². The molecule has 1 aromatic heterocycles. The van der Waals surface area contributed by atoms with Gasteiger partial charge in [-0.1, -0.05) is 94.2 Å². The maximum absolute atomic E-state index is 4.41. The summed E-state index contributed by atoms with van der Waals surface area (Å²) < 4.78 is 1.88. The van der Waals surface area contributed by atoms with Crippen molar-refractivity contribution in [2.45, 2.75) is 65.0 Å². The molecule has 196 valence electrons. The van der Waals surface area contributed by atoms with Gasteiger partial charge in [-0.25, -0.2) is 4.68 Å². The normalized spacial score (nSPS) is 11.8. The van der Waals surface area contributed by atoms with Crippen LogP contribution in [0.5, 0.6) is 0 Å². The summed E-state index contributed by atoms with van der Waals surface area (Å²) >= 11 is 0. The van der Waals surface area contributed by atoms with Crippen LogP contribution in [0.1, 0.15) is 50.1 Å². The summed E-state index contributed by atoms with van der Waals surface area (Å²) in [4.78, 5) is 0. The Bertz CT molecular complexity index is 1120. The SMILES string of the molecule is C=C(CCc1ccccc1)NCC(=C)N[C@@H](CC(C)C)C(=C)Cn1nnnc1CCCc1ccccc1. The van der Waals surface area contributed by atoms with Crippen molar-refractivity contribution >= 4 is 0 Å². The summed E-state index contributed by atoms with van der Waals surface area (Å²) in [7, 11) is 0. The molecule has 6 heteroatoms. The molecule has 0 aliphatic heterocycles. The van der Waals surface area contributed by atoms with Crippen molar-refractivity contribution in [1.29, 1.82) is 0 Å². The van der Waals surface area contributed by atoms with Crippen molar-refractivity contribution in [3.05, 3.63) is 114 Å². The molecule has 1 atom stereocenters. The van der Waals surface area contributed by atoms with E-state index in [2.05, 4.69) is 108 Å². The minimum Gasteiger partial charge on any atom is -0.383 e. The van der Waals surface area contributed by atoms with Crippen LogP contribution in [-0.2, 0) is 25.8 Å². The molecule has 0 unspecified atom stereocenters. The van der Waals surface area contributed by atoms with E-state index in [0.29, 0.717) is 19.0 Å². The lowest BCUT2D eigenvalue weighted by Gasteiger charge is -2.26. The van der Waals surface area contributed by atoms with Gasteiger partial charge in [0.2, 0.25) is 0 Å². The van der Waals surface area contributed by atoms with E-state index < -0.39 is 0 Å². The highest BCUT2D eigenvalue weighted by Crippen LogP contribution is 2.16. The Morgan fingerprint density at radius 1 is 0.865 bits per heavy atom. The average molecular weight is 499 g/mol. The summed E-state index contributed by atoms with van der Waals surface area (Å²) in [6.45, 7) is 18.5. The van der Waals surface area contributed by atoms with E-state index in [9.17, 15) is 0 Å². The number of benzene rings is 2. The van der Waals surface area contributed by atoms with E-state index >= 15 is 0 Å².